The van der Waals surface area contributed by atoms with Gasteiger partial charge in [0.05, 0.1) is 30.9 Å². The summed E-state index contributed by atoms with van der Waals surface area (Å²) in [6, 6.07) is 10.7. The Balaban J connectivity index is 1.38. The highest BCUT2D eigenvalue weighted by Gasteiger charge is 2.19. The molecule has 0 atom stereocenters. The van der Waals surface area contributed by atoms with Crippen molar-refractivity contribution in [1.29, 1.82) is 0 Å². The van der Waals surface area contributed by atoms with Crippen molar-refractivity contribution in [3.63, 3.8) is 0 Å². The van der Waals surface area contributed by atoms with Gasteiger partial charge in [0.25, 0.3) is 17.5 Å². The molecule has 0 unspecified atom stereocenters. The van der Waals surface area contributed by atoms with Crippen LogP contribution in [0.1, 0.15) is 10.4 Å². The Hall–Kier alpha value is -4.03. The van der Waals surface area contributed by atoms with Crippen LogP contribution in [-0.4, -0.2) is 66.6 Å². The van der Waals surface area contributed by atoms with Crippen LogP contribution in [0.2, 0.25) is 0 Å². The molecular formula is C23H22N4O7S. The summed E-state index contributed by atoms with van der Waals surface area (Å²) in [6.45, 7) is 1.93. The van der Waals surface area contributed by atoms with Crippen LogP contribution in [0.5, 0.6) is 11.5 Å². The van der Waals surface area contributed by atoms with Crippen LogP contribution >= 0.6 is 11.3 Å². The fourth-order valence-corrected chi connectivity index (χ4v) is 4.07. The molecule has 2 amide bonds. The van der Waals surface area contributed by atoms with Crippen LogP contribution in [-0.2, 0) is 9.53 Å². The summed E-state index contributed by atoms with van der Waals surface area (Å²) in [7, 11) is 1.45. The number of nitrogens with zero attached hydrogens (tertiary/aromatic N) is 3. The van der Waals surface area contributed by atoms with Crippen LogP contribution in [0.4, 0.5) is 10.8 Å². The van der Waals surface area contributed by atoms with Crippen molar-refractivity contribution in [3.05, 3.63) is 63.5 Å². The molecular weight excluding hydrogens is 476 g/mol. The van der Waals surface area contributed by atoms with Crippen LogP contribution < -0.4 is 14.8 Å². The number of aromatic nitrogens is 1. The number of hydrogen-bond donors (Lipinski definition) is 1. The van der Waals surface area contributed by atoms with Crippen molar-refractivity contribution in [2.24, 2.45) is 0 Å². The second kappa shape index (κ2) is 10.9. The highest BCUT2D eigenvalue weighted by Crippen LogP contribution is 2.30. The number of carbonyl (C=O) groups excluding carboxylic acids is 2. The standard InChI is InChI=1S/C23H22N4O7S/c1-32-20-12-16(4-7-19(20)34-13-21(28)26-8-10-33-11-9-26)22(29)25-23-24-18(14-35-23)15-2-5-17(6-3-15)27(30)31/h2-7,12,14H,8-11,13H2,1H3,(H,24,25,29). The van der Waals surface area contributed by atoms with Gasteiger partial charge in [0.15, 0.2) is 23.2 Å². The van der Waals surface area contributed by atoms with Crippen molar-refractivity contribution in [1.82, 2.24) is 9.88 Å². The molecule has 0 radical (unpaired) electrons. The molecule has 0 saturated carbocycles. The summed E-state index contributed by atoms with van der Waals surface area (Å²) in [5, 5.41) is 15.7. The van der Waals surface area contributed by atoms with E-state index < -0.39 is 10.8 Å². The van der Waals surface area contributed by atoms with E-state index in [0.29, 0.717) is 59.8 Å². The molecule has 1 N–H and O–H groups in total. The van der Waals surface area contributed by atoms with Gasteiger partial charge >= 0.3 is 0 Å². The Morgan fingerprint density at radius 1 is 1.17 bits per heavy atom. The number of morpholine rings is 1. The lowest BCUT2D eigenvalue weighted by atomic mass is 10.1. The fraction of sp³-hybridized carbons (Fsp3) is 0.261. The number of amides is 2. The quantitative estimate of drug-likeness (QED) is 0.370. The van der Waals surface area contributed by atoms with Gasteiger partial charge in [0.2, 0.25) is 0 Å². The largest absolute Gasteiger partial charge is 0.493 e. The molecule has 35 heavy (non-hydrogen) atoms. The molecule has 1 saturated heterocycles. The second-order valence-electron chi connectivity index (χ2n) is 7.44. The van der Waals surface area contributed by atoms with E-state index in [2.05, 4.69) is 10.3 Å². The number of nitro groups is 1. The zero-order valence-electron chi connectivity index (χ0n) is 18.8. The summed E-state index contributed by atoms with van der Waals surface area (Å²) in [5.74, 6) is 0.118. The summed E-state index contributed by atoms with van der Waals surface area (Å²) >= 11 is 1.23. The van der Waals surface area contributed by atoms with Gasteiger partial charge in [0.1, 0.15) is 0 Å². The molecule has 1 aliphatic rings. The van der Waals surface area contributed by atoms with Crippen LogP contribution in [0.15, 0.2) is 47.8 Å². The molecule has 2 heterocycles. The lowest BCUT2D eigenvalue weighted by Crippen LogP contribution is -2.43. The Morgan fingerprint density at radius 3 is 2.60 bits per heavy atom. The van der Waals surface area contributed by atoms with E-state index in [0.717, 1.165) is 0 Å². The molecule has 1 aromatic heterocycles. The van der Waals surface area contributed by atoms with Gasteiger partial charge in [-0.2, -0.15) is 0 Å². The Bertz CT molecular complexity index is 1220. The fourth-order valence-electron chi connectivity index (χ4n) is 3.36. The molecule has 1 fully saturated rings. The van der Waals surface area contributed by atoms with Crippen molar-refractivity contribution in [2.75, 3.05) is 45.3 Å². The molecule has 0 bridgehead atoms. The molecule has 1 aliphatic heterocycles. The number of anilines is 1. The Labute approximate surface area is 204 Å². The van der Waals surface area contributed by atoms with E-state index in [1.807, 2.05) is 0 Å². The molecule has 11 nitrogen and oxygen atoms in total. The van der Waals surface area contributed by atoms with E-state index >= 15 is 0 Å². The van der Waals surface area contributed by atoms with Gasteiger partial charge in [-0.1, -0.05) is 0 Å². The minimum atomic E-state index is -0.469. The highest BCUT2D eigenvalue weighted by atomic mass is 32.1. The Morgan fingerprint density at radius 2 is 1.91 bits per heavy atom. The van der Waals surface area contributed by atoms with Crippen LogP contribution in [0.3, 0.4) is 0 Å². The number of rotatable bonds is 8. The second-order valence-corrected chi connectivity index (χ2v) is 8.30. The third-order valence-corrected chi connectivity index (χ3v) is 6.00. The van der Waals surface area contributed by atoms with Crippen LogP contribution in [0.25, 0.3) is 11.3 Å². The maximum Gasteiger partial charge on any atom is 0.269 e. The van der Waals surface area contributed by atoms with Gasteiger partial charge in [-0.15, -0.1) is 11.3 Å². The van der Waals surface area contributed by atoms with Crippen molar-refractivity contribution < 1.29 is 28.7 Å². The summed E-state index contributed by atoms with van der Waals surface area (Å²) in [6.07, 6.45) is 0. The number of nitrogens with one attached hydrogen (secondary N) is 1. The first-order chi connectivity index (χ1) is 16.9. The van der Waals surface area contributed by atoms with E-state index in [4.69, 9.17) is 14.2 Å². The topological polar surface area (TPSA) is 133 Å². The maximum absolute atomic E-state index is 12.7. The average molecular weight is 499 g/mol. The number of methoxy groups -OCH3 is 1. The smallest absolute Gasteiger partial charge is 0.269 e. The maximum atomic E-state index is 12.7. The lowest BCUT2D eigenvalue weighted by Gasteiger charge is -2.26. The minimum absolute atomic E-state index is 0.00987. The van der Waals surface area contributed by atoms with E-state index in [-0.39, 0.29) is 18.2 Å². The van der Waals surface area contributed by atoms with Crippen molar-refractivity contribution in [3.8, 4) is 22.8 Å². The molecule has 0 aliphatic carbocycles. The summed E-state index contributed by atoms with van der Waals surface area (Å²) in [4.78, 5) is 41.5. The average Bonchev–Trinajstić information content (AvgIpc) is 3.36. The molecule has 2 aromatic carbocycles. The van der Waals surface area contributed by atoms with Gasteiger partial charge in [-0.3, -0.25) is 25.0 Å². The number of nitro benzene ring substituents is 1. The minimum Gasteiger partial charge on any atom is -0.493 e. The van der Waals surface area contributed by atoms with E-state index in [1.54, 1.807) is 34.5 Å². The first-order valence-electron chi connectivity index (χ1n) is 10.6. The number of thiazole rings is 1. The lowest BCUT2D eigenvalue weighted by molar-refractivity contribution is -0.384. The monoisotopic (exact) mass is 498 g/mol. The van der Waals surface area contributed by atoms with E-state index in [9.17, 15) is 19.7 Å². The zero-order chi connectivity index (χ0) is 24.8. The van der Waals surface area contributed by atoms with Gasteiger partial charge < -0.3 is 19.1 Å². The highest BCUT2D eigenvalue weighted by molar-refractivity contribution is 7.14. The first-order valence-corrected chi connectivity index (χ1v) is 11.5. The van der Waals surface area contributed by atoms with Gasteiger partial charge in [0, 0.05) is 41.7 Å². The molecule has 3 aromatic rings. The zero-order valence-corrected chi connectivity index (χ0v) is 19.6. The third kappa shape index (κ3) is 5.91. The molecule has 12 heteroatoms. The van der Waals surface area contributed by atoms with Gasteiger partial charge in [-0.25, -0.2) is 4.98 Å². The van der Waals surface area contributed by atoms with Crippen LogP contribution in [0, 0.1) is 10.1 Å². The number of ether oxygens (including phenoxy) is 3. The number of benzene rings is 2. The summed E-state index contributed by atoms with van der Waals surface area (Å²) in [5.41, 5.74) is 1.60. The number of carbonyl (C=O) groups is 2. The third-order valence-electron chi connectivity index (χ3n) is 5.24. The number of non-ortho nitro benzene ring substituents is 1. The van der Waals surface area contributed by atoms with Gasteiger partial charge in [-0.05, 0) is 30.3 Å². The Kier molecular flexibility index (Phi) is 7.53. The molecule has 4 rings (SSSR count). The van der Waals surface area contributed by atoms with Crippen molar-refractivity contribution in [2.45, 2.75) is 0 Å². The number of hydrogen-bond acceptors (Lipinski definition) is 9. The van der Waals surface area contributed by atoms with Crippen molar-refractivity contribution >= 4 is 34.0 Å². The predicted octanol–water partition coefficient (Wildman–Crippen LogP) is 3.22. The molecule has 0 spiro atoms. The van der Waals surface area contributed by atoms with E-state index in [1.165, 1.54) is 36.6 Å². The molecule has 182 valence electrons. The summed E-state index contributed by atoms with van der Waals surface area (Å²) < 4.78 is 16.2. The SMILES string of the molecule is COc1cc(C(=O)Nc2nc(-c3ccc([N+](=O)[O-])cc3)cs2)ccc1OCC(=O)N1CCOCC1. The first kappa shape index (κ1) is 24.1. The predicted molar refractivity (Wildman–Crippen MR) is 128 cm³/mol. The normalized spacial score (nSPS) is 13.2.